The van der Waals surface area contributed by atoms with E-state index in [4.69, 9.17) is 10.5 Å². The van der Waals surface area contributed by atoms with Crippen LogP contribution in [0.5, 0.6) is 5.75 Å². The summed E-state index contributed by atoms with van der Waals surface area (Å²) in [4.78, 5) is 0. The van der Waals surface area contributed by atoms with Gasteiger partial charge in [0.05, 0.1) is 13.2 Å². The fourth-order valence-electron chi connectivity index (χ4n) is 1.67. The van der Waals surface area contributed by atoms with Crippen LogP contribution in [-0.4, -0.2) is 31.9 Å². The van der Waals surface area contributed by atoms with Gasteiger partial charge in [0.15, 0.2) is 0 Å². The second-order valence-electron chi connectivity index (χ2n) is 3.69. The van der Waals surface area contributed by atoms with Gasteiger partial charge in [0, 0.05) is 6.04 Å². The number of benzene rings is 1. The van der Waals surface area contributed by atoms with E-state index in [0.717, 1.165) is 17.7 Å². The molecule has 0 radical (unpaired) electrons. The van der Waals surface area contributed by atoms with Gasteiger partial charge in [0.2, 0.25) is 0 Å². The Labute approximate surface area is 96.4 Å². The molecular formula is C12H20N2O2. The lowest BCUT2D eigenvalue weighted by molar-refractivity contribution is 0.129. The fraction of sp³-hybridized carbons (Fsp3) is 0.500. The Kier molecular flexibility index (Phi) is 5.25. The SMILES string of the molecule is CNC(CCN)C(O)c1ccc(OC)cc1. The molecule has 2 unspecified atom stereocenters. The fourth-order valence-corrected chi connectivity index (χ4v) is 1.67. The number of nitrogens with one attached hydrogen (secondary N) is 1. The number of aliphatic hydroxyl groups is 1. The highest BCUT2D eigenvalue weighted by Crippen LogP contribution is 2.21. The molecule has 4 heteroatoms. The topological polar surface area (TPSA) is 67.5 Å². The van der Waals surface area contributed by atoms with Crippen LogP contribution < -0.4 is 15.8 Å². The summed E-state index contributed by atoms with van der Waals surface area (Å²) < 4.78 is 5.07. The van der Waals surface area contributed by atoms with Crippen LogP contribution in [0.15, 0.2) is 24.3 Å². The molecule has 1 rings (SSSR count). The minimum absolute atomic E-state index is 0.0154. The Balaban J connectivity index is 2.73. The monoisotopic (exact) mass is 224 g/mol. The number of methoxy groups -OCH3 is 1. The molecule has 4 nitrogen and oxygen atoms in total. The lowest BCUT2D eigenvalue weighted by atomic mass is 10.00. The van der Waals surface area contributed by atoms with Gasteiger partial charge in [-0.2, -0.15) is 0 Å². The standard InChI is InChI=1S/C12H20N2O2/c1-14-11(7-8-13)12(15)9-3-5-10(16-2)6-4-9/h3-6,11-12,14-15H,7-8,13H2,1-2H3. The predicted molar refractivity (Wildman–Crippen MR) is 64.5 cm³/mol. The molecular weight excluding hydrogens is 204 g/mol. The summed E-state index contributed by atoms with van der Waals surface area (Å²) in [6.45, 7) is 0.554. The zero-order chi connectivity index (χ0) is 12.0. The lowest BCUT2D eigenvalue weighted by Gasteiger charge is -2.22. The molecule has 0 aliphatic carbocycles. The van der Waals surface area contributed by atoms with E-state index in [2.05, 4.69) is 5.32 Å². The van der Waals surface area contributed by atoms with Gasteiger partial charge in [-0.05, 0) is 37.7 Å². The largest absolute Gasteiger partial charge is 0.497 e. The summed E-state index contributed by atoms with van der Waals surface area (Å²) in [5.41, 5.74) is 6.36. The van der Waals surface area contributed by atoms with Crippen LogP contribution in [0.25, 0.3) is 0 Å². The van der Waals surface area contributed by atoms with Gasteiger partial charge in [-0.3, -0.25) is 0 Å². The summed E-state index contributed by atoms with van der Waals surface area (Å²) in [5, 5.41) is 13.2. The van der Waals surface area contributed by atoms with Gasteiger partial charge in [0.25, 0.3) is 0 Å². The quantitative estimate of drug-likeness (QED) is 0.664. The van der Waals surface area contributed by atoms with Crippen LogP contribution >= 0.6 is 0 Å². The number of aliphatic hydroxyl groups excluding tert-OH is 1. The van der Waals surface area contributed by atoms with Crippen LogP contribution in [0.1, 0.15) is 18.1 Å². The second kappa shape index (κ2) is 6.48. The summed E-state index contributed by atoms with van der Waals surface area (Å²) in [7, 11) is 3.45. The summed E-state index contributed by atoms with van der Waals surface area (Å²) in [6.07, 6.45) is 0.198. The molecule has 16 heavy (non-hydrogen) atoms. The maximum Gasteiger partial charge on any atom is 0.118 e. The van der Waals surface area contributed by atoms with Crippen molar-refractivity contribution >= 4 is 0 Å². The normalized spacial score (nSPS) is 14.5. The maximum absolute atomic E-state index is 10.1. The first-order valence-corrected chi connectivity index (χ1v) is 5.42. The first-order chi connectivity index (χ1) is 7.72. The maximum atomic E-state index is 10.1. The Hall–Kier alpha value is -1.10. The number of ether oxygens (including phenoxy) is 1. The number of likely N-dealkylation sites (N-methyl/N-ethyl adjacent to an activating group) is 1. The third-order valence-electron chi connectivity index (χ3n) is 2.69. The van der Waals surface area contributed by atoms with E-state index in [1.807, 2.05) is 31.3 Å². The smallest absolute Gasteiger partial charge is 0.118 e. The minimum Gasteiger partial charge on any atom is -0.497 e. The van der Waals surface area contributed by atoms with Crippen molar-refractivity contribution < 1.29 is 9.84 Å². The lowest BCUT2D eigenvalue weighted by Crippen LogP contribution is -2.34. The van der Waals surface area contributed by atoms with E-state index in [-0.39, 0.29) is 6.04 Å². The van der Waals surface area contributed by atoms with Crippen LogP contribution in [0, 0.1) is 0 Å². The van der Waals surface area contributed by atoms with Crippen molar-refractivity contribution in [2.75, 3.05) is 20.7 Å². The number of rotatable bonds is 6. The number of nitrogens with two attached hydrogens (primary N) is 1. The average Bonchev–Trinajstić information content (AvgIpc) is 2.35. The van der Waals surface area contributed by atoms with Crippen molar-refractivity contribution in [3.8, 4) is 5.75 Å². The number of hydrogen-bond acceptors (Lipinski definition) is 4. The Morgan fingerprint density at radius 2 is 2.00 bits per heavy atom. The van der Waals surface area contributed by atoms with Crippen molar-refractivity contribution in [1.29, 1.82) is 0 Å². The van der Waals surface area contributed by atoms with Crippen LogP contribution in [0.3, 0.4) is 0 Å². The first-order valence-electron chi connectivity index (χ1n) is 5.42. The van der Waals surface area contributed by atoms with Gasteiger partial charge >= 0.3 is 0 Å². The van der Waals surface area contributed by atoms with Crippen molar-refractivity contribution in [2.24, 2.45) is 5.73 Å². The van der Waals surface area contributed by atoms with Crippen molar-refractivity contribution in [3.05, 3.63) is 29.8 Å². The van der Waals surface area contributed by atoms with E-state index in [9.17, 15) is 5.11 Å². The average molecular weight is 224 g/mol. The van der Waals surface area contributed by atoms with Crippen molar-refractivity contribution in [3.63, 3.8) is 0 Å². The first kappa shape index (κ1) is 13.0. The van der Waals surface area contributed by atoms with E-state index >= 15 is 0 Å². The molecule has 1 aromatic rings. The zero-order valence-corrected chi connectivity index (χ0v) is 9.81. The summed E-state index contributed by atoms with van der Waals surface area (Å²) >= 11 is 0. The summed E-state index contributed by atoms with van der Waals surface area (Å²) in [5.74, 6) is 0.788. The third kappa shape index (κ3) is 3.20. The van der Waals surface area contributed by atoms with Crippen LogP contribution in [0.2, 0.25) is 0 Å². The highest BCUT2D eigenvalue weighted by molar-refractivity contribution is 5.29. The molecule has 0 saturated heterocycles. The van der Waals surface area contributed by atoms with Gasteiger partial charge in [0.1, 0.15) is 5.75 Å². The van der Waals surface area contributed by atoms with Gasteiger partial charge in [-0.15, -0.1) is 0 Å². The molecule has 0 amide bonds. The molecule has 90 valence electrons. The second-order valence-corrected chi connectivity index (χ2v) is 3.69. The molecule has 0 bridgehead atoms. The molecule has 0 aliphatic heterocycles. The van der Waals surface area contributed by atoms with E-state index < -0.39 is 6.10 Å². The Bertz CT molecular complexity index is 300. The van der Waals surface area contributed by atoms with Crippen molar-refractivity contribution in [1.82, 2.24) is 5.32 Å². The number of hydrogen-bond donors (Lipinski definition) is 3. The highest BCUT2D eigenvalue weighted by atomic mass is 16.5. The molecule has 0 spiro atoms. The predicted octanol–water partition coefficient (Wildman–Crippen LogP) is 0.665. The Morgan fingerprint density at radius 1 is 1.38 bits per heavy atom. The van der Waals surface area contributed by atoms with Gasteiger partial charge < -0.3 is 20.9 Å². The minimum atomic E-state index is -0.542. The van der Waals surface area contributed by atoms with E-state index in [1.165, 1.54) is 0 Å². The molecule has 0 heterocycles. The summed E-state index contributed by atoms with van der Waals surface area (Å²) in [6, 6.07) is 7.40. The third-order valence-corrected chi connectivity index (χ3v) is 2.69. The molecule has 0 aromatic heterocycles. The van der Waals surface area contributed by atoms with Crippen molar-refractivity contribution in [2.45, 2.75) is 18.6 Å². The molecule has 0 aliphatic rings. The highest BCUT2D eigenvalue weighted by Gasteiger charge is 2.18. The van der Waals surface area contributed by atoms with E-state index in [0.29, 0.717) is 6.54 Å². The molecule has 0 saturated carbocycles. The molecule has 2 atom stereocenters. The van der Waals surface area contributed by atoms with Gasteiger partial charge in [-0.1, -0.05) is 12.1 Å². The Morgan fingerprint density at radius 3 is 2.44 bits per heavy atom. The van der Waals surface area contributed by atoms with Gasteiger partial charge in [-0.25, -0.2) is 0 Å². The zero-order valence-electron chi connectivity index (χ0n) is 9.81. The van der Waals surface area contributed by atoms with Crippen LogP contribution in [-0.2, 0) is 0 Å². The molecule has 1 aromatic carbocycles. The molecule has 4 N–H and O–H groups in total. The van der Waals surface area contributed by atoms with Crippen LogP contribution in [0.4, 0.5) is 0 Å². The molecule has 0 fully saturated rings. The van der Waals surface area contributed by atoms with E-state index in [1.54, 1.807) is 7.11 Å².